The maximum Gasteiger partial charge on any atom is 0.255 e. The Kier molecular flexibility index (Phi) is 6.49. The van der Waals surface area contributed by atoms with Crippen molar-refractivity contribution in [2.75, 3.05) is 5.32 Å². The quantitative estimate of drug-likeness (QED) is 0.594. The molecule has 0 aliphatic rings. The smallest absolute Gasteiger partial charge is 0.255 e. The third-order valence-corrected chi connectivity index (χ3v) is 5.51. The van der Waals surface area contributed by atoms with E-state index in [9.17, 15) is 9.59 Å². The molecule has 0 fully saturated rings. The van der Waals surface area contributed by atoms with E-state index in [2.05, 4.69) is 31.4 Å². The fraction of sp³-hybridized carbons (Fsp3) is 0.250. The predicted molar refractivity (Wildman–Crippen MR) is 119 cm³/mol. The van der Waals surface area contributed by atoms with E-state index in [-0.39, 0.29) is 17.2 Å². The van der Waals surface area contributed by atoms with E-state index in [1.807, 2.05) is 66.0 Å². The summed E-state index contributed by atoms with van der Waals surface area (Å²) in [6, 6.07) is 19.0. The zero-order valence-electron chi connectivity index (χ0n) is 17.0. The van der Waals surface area contributed by atoms with Crippen molar-refractivity contribution in [3.05, 3.63) is 87.6 Å². The summed E-state index contributed by atoms with van der Waals surface area (Å²) in [4.78, 5) is 25.7. The largest absolute Gasteiger partial charge is 0.351 e. The molecule has 1 heterocycles. The Hall–Kier alpha value is -2.92. The molecule has 3 aromatic rings. The number of thiophene rings is 1. The minimum absolute atomic E-state index is 0.0193. The third-order valence-electron chi connectivity index (χ3n) is 4.63. The lowest BCUT2D eigenvalue weighted by Gasteiger charge is -2.19. The van der Waals surface area contributed by atoms with Gasteiger partial charge in [0.1, 0.15) is 0 Å². The van der Waals surface area contributed by atoms with Gasteiger partial charge in [-0.3, -0.25) is 9.59 Å². The molecule has 0 atom stereocenters. The molecular weight excluding hydrogens is 380 g/mol. The second-order valence-corrected chi connectivity index (χ2v) is 9.04. The van der Waals surface area contributed by atoms with E-state index in [1.165, 1.54) is 5.56 Å². The Bertz CT molecular complexity index is 954. The van der Waals surface area contributed by atoms with Gasteiger partial charge in [-0.15, -0.1) is 11.3 Å². The van der Waals surface area contributed by atoms with Crippen LogP contribution in [-0.4, -0.2) is 11.8 Å². The molecule has 0 radical (unpaired) electrons. The van der Waals surface area contributed by atoms with Gasteiger partial charge in [0.15, 0.2) is 0 Å². The van der Waals surface area contributed by atoms with Crippen LogP contribution in [0.1, 0.15) is 47.1 Å². The Labute approximate surface area is 176 Å². The van der Waals surface area contributed by atoms with Gasteiger partial charge in [0.25, 0.3) is 5.91 Å². The molecule has 150 valence electrons. The number of amides is 2. The van der Waals surface area contributed by atoms with Gasteiger partial charge in [-0.2, -0.15) is 0 Å². The summed E-state index contributed by atoms with van der Waals surface area (Å²) in [5, 5.41) is 7.81. The van der Waals surface area contributed by atoms with Crippen molar-refractivity contribution in [3.63, 3.8) is 0 Å². The van der Waals surface area contributed by atoms with Gasteiger partial charge in [0.05, 0.1) is 13.0 Å². The molecule has 2 N–H and O–H groups in total. The summed E-state index contributed by atoms with van der Waals surface area (Å²) in [7, 11) is 0. The van der Waals surface area contributed by atoms with Crippen LogP contribution in [0.3, 0.4) is 0 Å². The van der Waals surface area contributed by atoms with Crippen molar-refractivity contribution in [1.82, 2.24) is 5.32 Å². The zero-order chi connectivity index (χ0) is 20.9. The first-order chi connectivity index (χ1) is 13.8. The number of rotatable bonds is 6. The first-order valence-corrected chi connectivity index (χ1v) is 10.5. The minimum Gasteiger partial charge on any atom is -0.351 e. The summed E-state index contributed by atoms with van der Waals surface area (Å²) in [6.45, 7) is 6.99. The van der Waals surface area contributed by atoms with E-state index >= 15 is 0 Å². The van der Waals surface area contributed by atoms with Crippen LogP contribution in [0.4, 0.5) is 5.69 Å². The van der Waals surface area contributed by atoms with E-state index in [4.69, 9.17) is 0 Å². The Morgan fingerprint density at radius 2 is 1.62 bits per heavy atom. The molecule has 0 bridgehead atoms. The average molecular weight is 407 g/mol. The van der Waals surface area contributed by atoms with Gasteiger partial charge in [-0.1, -0.05) is 51.1 Å². The first kappa shape index (κ1) is 20.8. The van der Waals surface area contributed by atoms with Crippen molar-refractivity contribution in [3.8, 4) is 0 Å². The third kappa shape index (κ3) is 6.03. The van der Waals surface area contributed by atoms with E-state index in [1.54, 1.807) is 11.3 Å². The lowest BCUT2D eigenvalue weighted by Crippen LogP contribution is -2.24. The standard InChI is InChI=1S/C24H26N2O2S/c1-24(2,3)19-10-8-18(9-11-19)23(28)26-20-12-6-17(7-13-20)15-22(27)25-16-21-5-4-14-29-21/h4-14H,15-16H2,1-3H3,(H,25,27)(H,26,28). The number of carbonyl (C=O) groups is 2. The number of benzene rings is 2. The van der Waals surface area contributed by atoms with Crippen LogP contribution in [0.25, 0.3) is 0 Å². The topological polar surface area (TPSA) is 58.2 Å². The molecule has 2 amide bonds. The van der Waals surface area contributed by atoms with Crippen LogP contribution in [0.15, 0.2) is 66.0 Å². The molecule has 4 nitrogen and oxygen atoms in total. The molecule has 0 saturated carbocycles. The normalized spacial score (nSPS) is 11.1. The van der Waals surface area contributed by atoms with Crippen molar-refractivity contribution in [2.24, 2.45) is 0 Å². The predicted octanol–water partition coefficient (Wildman–Crippen LogP) is 5.16. The molecule has 1 aromatic heterocycles. The SMILES string of the molecule is CC(C)(C)c1ccc(C(=O)Nc2ccc(CC(=O)NCc3cccs3)cc2)cc1. The Balaban J connectivity index is 1.53. The highest BCUT2D eigenvalue weighted by atomic mass is 32.1. The van der Waals surface area contributed by atoms with Gasteiger partial charge in [-0.25, -0.2) is 0 Å². The van der Waals surface area contributed by atoms with Crippen LogP contribution in [-0.2, 0) is 23.2 Å². The van der Waals surface area contributed by atoms with Crippen molar-refractivity contribution in [2.45, 2.75) is 39.2 Å². The maximum absolute atomic E-state index is 12.5. The van der Waals surface area contributed by atoms with Crippen LogP contribution in [0.2, 0.25) is 0 Å². The minimum atomic E-state index is -0.146. The zero-order valence-corrected chi connectivity index (χ0v) is 17.8. The van der Waals surface area contributed by atoms with Gasteiger partial charge in [0.2, 0.25) is 5.91 Å². The van der Waals surface area contributed by atoms with Crippen molar-refractivity contribution >= 4 is 28.8 Å². The highest BCUT2D eigenvalue weighted by Gasteiger charge is 2.14. The second kappa shape index (κ2) is 9.05. The van der Waals surface area contributed by atoms with Gasteiger partial charge < -0.3 is 10.6 Å². The second-order valence-electron chi connectivity index (χ2n) is 8.01. The van der Waals surface area contributed by atoms with Crippen LogP contribution >= 0.6 is 11.3 Å². The monoisotopic (exact) mass is 406 g/mol. The van der Waals surface area contributed by atoms with Crippen LogP contribution < -0.4 is 10.6 Å². The number of hydrogen-bond donors (Lipinski definition) is 2. The molecule has 3 rings (SSSR count). The molecule has 0 spiro atoms. The molecule has 29 heavy (non-hydrogen) atoms. The Morgan fingerprint density at radius 3 is 2.21 bits per heavy atom. The van der Waals surface area contributed by atoms with Crippen molar-refractivity contribution < 1.29 is 9.59 Å². The average Bonchev–Trinajstić information content (AvgIpc) is 3.21. The maximum atomic E-state index is 12.5. The summed E-state index contributed by atoms with van der Waals surface area (Å²) >= 11 is 1.62. The number of hydrogen-bond acceptors (Lipinski definition) is 3. The summed E-state index contributed by atoms with van der Waals surface area (Å²) in [6.07, 6.45) is 0.313. The molecule has 0 unspecified atom stereocenters. The fourth-order valence-electron chi connectivity index (χ4n) is 2.88. The highest BCUT2D eigenvalue weighted by molar-refractivity contribution is 7.09. The first-order valence-electron chi connectivity index (χ1n) is 9.61. The summed E-state index contributed by atoms with van der Waals surface area (Å²) in [5.74, 6) is -0.166. The highest BCUT2D eigenvalue weighted by Crippen LogP contribution is 2.22. The molecule has 0 aliphatic heterocycles. The lowest BCUT2D eigenvalue weighted by atomic mass is 9.87. The fourth-order valence-corrected chi connectivity index (χ4v) is 3.52. The van der Waals surface area contributed by atoms with E-state index < -0.39 is 0 Å². The number of carbonyl (C=O) groups excluding carboxylic acids is 2. The van der Waals surface area contributed by atoms with E-state index in [0.29, 0.717) is 24.2 Å². The molecular formula is C24H26N2O2S. The van der Waals surface area contributed by atoms with Gasteiger partial charge >= 0.3 is 0 Å². The van der Waals surface area contributed by atoms with Crippen LogP contribution in [0.5, 0.6) is 0 Å². The molecule has 5 heteroatoms. The number of nitrogens with one attached hydrogen (secondary N) is 2. The Morgan fingerprint density at radius 1 is 0.931 bits per heavy atom. The van der Waals surface area contributed by atoms with Gasteiger partial charge in [0, 0.05) is 16.1 Å². The molecule has 0 aliphatic carbocycles. The summed E-state index contributed by atoms with van der Waals surface area (Å²) < 4.78 is 0. The van der Waals surface area contributed by atoms with Gasteiger partial charge in [-0.05, 0) is 52.3 Å². The van der Waals surface area contributed by atoms with Crippen molar-refractivity contribution in [1.29, 1.82) is 0 Å². The van der Waals surface area contributed by atoms with Crippen LogP contribution in [0, 0.1) is 0 Å². The summed E-state index contributed by atoms with van der Waals surface area (Å²) in [5.41, 5.74) is 3.48. The molecule has 0 saturated heterocycles. The van der Waals surface area contributed by atoms with E-state index in [0.717, 1.165) is 10.4 Å². The number of anilines is 1. The lowest BCUT2D eigenvalue weighted by molar-refractivity contribution is -0.120. The molecule has 2 aromatic carbocycles.